The molecule has 2 heterocycles. The Morgan fingerprint density at radius 2 is 2.05 bits per heavy atom. The van der Waals surface area contributed by atoms with Gasteiger partial charge in [0, 0.05) is 24.9 Å². The Bertz CT molecular complexity index is 610. The number of imide groups is 1. The van der Waals surface area contributed by atoms with Crippen LogP contribution in [0.25, 0.3) is 0 Å². The van der Waals surface area contributed by atoms with Crippen molar-refractivity contribution in [1.82, 2.24) is 10.2 Å². The van der Waals surface area contributed by atoms with Crippen LogP contribution in [0.3, 0.4) is 0 Å². The molecule has 0 saturated heterocycles. The summed E-state index contributed by atoms with van der Waals surface area (Å²) < 4.78 is 0. The van der Waals surface area contributed by atoms with E-state index in [1.54, 1.807) is 0 Å². The summed E-state index contributed by atoms with van der Waals surface area (Å²) in [6, 6.07) is 5.87. The van der Waals surface area contributed by atoms with Crippen molar-refractivity contribution in [3.05, 3.63) is 41.1 Å². The van der Waals surface area contributed by atoms with Gasteiger partial charge in [-0.3, -0.25) is 14.5 Å². The lowest BCUT2D eigenvalue weighted by molar-refractivity contribution is -0.137. The maximum absolute atomic E-state index is 12.0. The number of β-amino-alcohol motifs (C(OH)–C–C–N with tert-alkyl or cyclic N) is 1. The topological polar surface area (TPSA) is 81.7 Å². The number of amides is 2. The van der Waals surface area contributed by atoms with E-state index in [9.17, 15) is 9.59 Å². The zero-order valence-corrected chi connectivity index (χ0v) is 10.8. The van der Waals surface area contributed by atoms with Gasteiger partial charge in [-0.2, -0.15) is 0 Å². The third kappa shape index (κ3) is 2.19. The van der Waals surface area contributed by atoms with Gasteiger partial charge in [-0.15, -0.1) is 0 Å². The first-order valence-electron chi connectivity index (χ1n) is 6.47. The molecule has 2 aliphatic rings. The van der Waals surface area contributed by atoms with Gasteiger partial charge in [-0.25, -0.2) is 0 Å². The normalized spacial score (nSPS) is 17.4. The molecule has 0 aliphatic carbocycles. The van der Waals surface area contributed by atoms with E-state index in [0.717, 1.165) is 23.7 Å². The third-order valence-electron chi connectivity index (χ3n) is 3.45. The highest BCUT2D eigenvalue weighted by molar-refractivity contribution is 6.17. The first-order chi connectivity index (χ1) is 9.69. The van der Waals surface area contributed by atoms with E-state index in [1.165, 1.54) is 17.2 Å². The van der Waals surface area contributed by atoms with E-state index in [-0.39, 0.29) is 18.8 Å². The molecule has 1 aromatic rings. The van der Waals surface area contributed by atoms with Crippen LogP contribution in [0.4, 0.5) is 5.69 Å². The van der Waals surface area contributed by atoms with E-state index in [2.05, 4.69) is 10.6 Å². The lowest BCUT2D eigenvalue weighted by Gasteiger charge is -2.13. The van der Waals surface area contributed by atoms with Gasteiger partial charge in [0.15, 0.2) is 0 Å². The molecule has 3 N–H and O–H groups in total. The van der Waals surface area contributed by atoms with Crippen LogP contribution < -0.4 is 10.6 Å². The van der Waals surface area contributed by atoms with Crippen LogP contribution in [0.15, 0.2) is 30.0 Å². The molecule has 0 atom stereocenters. The second-order valence-corrected chi connectivity index (χ2v) is 4.79. The third-order valence-corrected chi connectivity index (χ3v) is 3.45. The lowest BCUT2D eigenvalue weighted by atomic mass is 10.1. The van der Waals surface area contributed by atoms with Crippen molar-refractivity contribution >= 4 is 17.5 Å². The number of nitrogens with zero attached hydrogens (tertiary/aromatic N) is 1. The van der Waals surface area contributed by atoms with Crippen LogP contribution in [0, 0.1) is 0 Å². The predicted octanol–water partition coefficient (Wildman–Crippen LogP) is -0.0533. The first kappa shape index (κ1) is 12.8. The average Bonchev–Trinajstić information content (AvgIpc) is 2.99. The molecule has 0 radical (unpaired) electrons. The van der Waals surface area contributed by atoms with E-state index < -0.39 is 11.8 Å². The molecule has 0 spiro atoms. The van der Waals surface area contributed by atoms with Crippen molar-refractivity contribution in [2.75, 3.05) is 18.5 Å². The number of anilines is 1. The van der Waals surface area contributed by atoms with Gasteiger partial charge in [0.05, 0.1) is 13.2 Å². The minimum atomic E-state index is -0.400. The smallest absolute Gasteiger partial charge is 0.277 e. The van der Waals surface area contributed by atoms with Gasteiger partial charge in [0.2, 0.25) is 0 Å². The Morgan fingerprint density at radius 1 is 1.25 bits per heavy atom. The quantitative estimate of drug-likeness (QED) is 0.670. The summed E-state index contributed by atoms with van der Waals surface area (Å²) in [6.07, 6.45) is 1.27. The molecule has 104 valence electrons. The molecular weight excluding hydrogens is 258 g/mol. The summed E-state index contributed by atoms with van der Waals surface area (Å²) in [6.45, 7) is 1.46. The second kappa shape index (κ2) is 5.07. The number of aliphatic hydroxyl groups is 1. The van der Waals surface area contributed by atoms with Crippen molar-refractivity contribution < 1.29 is 14.7 Å². The minimum absolute atomic E-state index is 0.0213. The molecule has 1 aromatic carbocycles. The molecule has 6 nitrogen and oxygen atoms in total. The SMILES string of the molecule is O=C1C=C(Nc2ccc3c(c2)CNC3)C(=O)N1CCO. The van der Waals surface area contributed by atoms with Gasteiger partial charge in [0.1, 0.15) is 5.70 Å². The minimum Gasteiger partial charge on any atom is -0.395 e. The zero-order chi connectivity index (χ0) is 14.1. The molecule has 2 amide bonds. The number of carbonyl (C=O) groups is 2. The molecule has 0 saturated carbocycles. The van der Waals surface area contributed by atoms with Crippen LogP contribution >= 0.6 is 0 Å². The molecule has 3 rings (SSSR count). The van der Waals surface area contributed by atoms with Crippen LogP contribution in [0.1, 0.15) is 11.1 Å². The molecular formula is C14H15N3O3. The van der Waals surface area contributed by atoms with E-state index in [1.807, 2.05) is 18.2 Å². The van der Waals surface area contributed by atoms with Crippen molar-refractivity contribution in [2.45, 2.75) is 13.1 Å². The van der Waals surface area contributed by atoms with Crippen molar-refractivity contribution in [2.24, 2.45) is 0 Å². The lowest BCUT2D eigenvalue weighted by Crippen LogP contribution is -2.34. The van der Waals surface area contributed by atoms with Gasteiger partial charge in [-0.05, 0) is 23.3 Å². The highest BCUT2D eigenvalue weighted by Gasteiger charge is 2.30. The number of rotatable bonds is 4. The van der Waals surface area contributed by atoms with Gasteiger partial charge >= 0.3 is 0 Å². The second-order valence-electron chi connectivity index (χ2n) is 4.79. The largest absolute Gasteiger partial charge is 0.395 e. The number of carbonyl (C=O) groups excluding carboxylic acids is 2. The Kier molecular flexibility index (Phi) is 3.25. The number of nitrogens with one attached hydrogen (secondary N) is 2. The summed E-state index contributed by atoms with van der Waals surface area (Å²) in [5, 5.41) is 15.1. The van der Waals surface area contributed by atoms with E-state index in [4.69, 9.17) is 5.11 Å². The Labute approximate surface area is 116 Å². The Hall–Kier alpha value is -2.18. The molecule has 0 unspecified atom stereocenters. The maximum atomic E-state index is 12.0. The summed E-state index contributed by atoms with van der Waals surface area (Å²) in [5.74, 6) is -0.794. The average molecular weight is 273 g/mol. The predicted molar refractivity (Wildman–Crippen MR) is 72.5 cm³/mol. The van der Waals surface area contributed by atoms with Gasteiger partial charge in [0.25, 0.3) is 11.8 Å². The van der Waals surface area contributed by atoms with Crippen molar-refractivity contribution in [3.8, 4) is 0 Å². The molecule has 20 heavy (non-hydrogen) atoms. The number of hydrogen-bond donors (Lipinski definition) is 3. The van der Waals surface area contributed by atoms with Crippen molar-refractivity contribution in [1.29, 1.82) is 0 Å². The molecule has 2 aliphatic heterocycles. The molecule has 0 fully saturated rings. The monoisotopic (exact) mass is 273 g/mol. The standard InChI is InChI=1S/C14H15N3O3/c18-4-3-17-13(19)6-12(14(17)20)16-11-2-1-9-7-15-8-10(9)5-11/h1-2,5-6,15-16,18H,3-4,7-8H2. The highest BCUT2D eigenvalue weighted by Crippen LogP contribution is 2.22. The highest BCUT2D eigenvalue weighted by atomic mass is 16.3. The number of hydrogen-bond acceptors (Lipinski definition) is 5. The number of benzene rings is 1. The fraction of sp³-hybridized carbons (Fsp3) is 0.286. The van der Waals surface area contributed by atoms with Crippen LogP contribution in [-0.2, 0) is 22.7 Å². The fourth-order valence-corrected chi connectivity index (χ4v) is 2.44. The zero-order valence-electron chi connectivity index (χ0n) is 10.8. The van der Waals surface area contributed by atoms with Gasteiger partial charge in [-0.1, -0.05) is 6.07 Å². The molecule has 0 bridgehead atoms. The molecule has 6 heteroatoms. The fourth-order valence-electron chi connectivity index (χ4n) is 2.44. The van der Waals surface area contributed by atoms with Crippen LogP contribution in [0.5, 0.6) is 0 Å². The Balaban J connectivity index is 1.77. The maximum Gasteiger partial charge on any atom is 0.277 e. The summed E-state index contributed by atoms with van der Waals surface area (Å²) >= 11 is 0. The van der Waals surface area contributed by atoms with Crippen LogP contribution in [-0.4, -0.2) is 35.0 Å². The van der Waals surface area contributed by atoms with E-state index in [0.29, 0.717) is 0 Å². The summed E-state index contributed by atoms with van der Waals surface area (Å²) in [5.41, 5.74) is 3.47. The number of aliphatic hydroxyl groups excluding tert-OH is 1. The first-order valence-corrected chi connectivity index (χ1v) is 6.47. The summed E-state index contributed by atoms with van der Waals surface area (Å²) in [7, 11) is 0. The van der Waals surface area contributed by atoms with E-state index >= 15 is 0 Å². The number of fused-ring (bicyclic) bond motifs is 1. The van der Waals surface area contributed by atoms with Gasteiger partial charge < -0.3 is 15.7 Å². The van der Waals surface area contributed by atoms with Crippen molar-refractivity contribution in [3.63, 3.8) is 0 Å². The Morgan fingerprint density at radius 3 is 2.85 bits per heavy atom. The summed E-state index contributed by atoms with van der Waals surface area (Å²) in [4.78, 5) is 24.6. The molecule has 0 aromatic heterocycles. The van der Waals surface area contributed by atoms with Crippen LogP contribution in [0.2, 0.25) is 0 Å².